The molecule has 2 aliphatic rings. The van der Waals surface area contributed by atoms with Crippen molar-refractivity contribution in [1.82, 2.24) is 10.2 Å². The van der Waals surface area contributed by atoms with Crippen LogP contribution >= 0.6 is 0 Å². The molecule has 0 unspecified atom stereocenters. The predicted octanol–water partition coefficient (Wildman–Crippen LogP) is 2.66. The molecular weight excluding hydrogens is 317 g/mol. The zero-order valence-corrected chi connectivity index (χ0v) is 13.7. The highest BCUT2D eigenvalue weighted by Gasteiger charge is 2.43. The lowest BCUT2D eigenvalue weighted by Crippen LogP contribution is -2.57. The Bertz CT molecular complexity index is 444. The summed E-state index contributed by atoms with van der Waals surface area (Å²) in [5.41, 5.74) is 0. The summed E-state index contributed by atoms with van der Waals surface area (Å²) in [6.45, 7) is 4.06. The molecule has 1 N–H and O–H groups in total. The largest absolute Gasteiger partial charge is 0.391 e. The Morgan fingerprint density at radius 1 is 1.27 bits per heavy atom. The minimum absolute atomic E-state index is 0.0427. The van der Waals surface area contributed by atoms with Crippen molar-refractivity contribution in [2.24, 2.45) is 5.92 Å². The lowest BCUT2D eigenvalue weighted by Gasteiger charge is -2.39. The van der Waals surface area contributed by atoms with Crippen molar-refractivity contribution >= 4 is 16.8 Å². The second-order valence-electron chi connectivity index (χ2n) is 6.28. The number of nitrogens with one attached hydrogen (secondary N) is 1. The molecule has 8 heteroatoms. The van der Waals surface area contributed by atoms with Crippen LogP contribution in [-0.4, -0.2) is 50.9 Å². The second kappa shape index (κ2) is 6.76. The van der Waals surface area contributed by atoms with Crippen LogP contribution in [0.5, 0.6) is 0 Å². The smallest absolute Gasteiger partial charge is 0.335 e. The topological polar surface area (TPSA) is 49.4 Å². The van der Waals surface area contributed by atoms with Gasteiger partial charge in [0, 0.05) is 35.2 Å². The molecule has 2 rings (SSSR count). The van der Waals surface area contributed by atoms with Crippen molar-refractivity contribution in [1.29, 1.82) is 0 Å². The third-order valence-electron chi connectivity index (χ3n) is 4.84. The standard InChI is InChI=1S/C14H23F3N2O2S/c1-9-10(2)22(21)7-6-19(9)13(20)18-12-5-3-4-11(8-12)14(15,16)17/h9-12H,3-8H2,1-2H3,(H,18,20)/t9-,10+,11-,12+,22+/m1/s1. The monoisotopic (exact) mass is 340 g/mol. The number of halogens is 3. The van der Waals surface area contributed by atoms with E-state index < -0.39 is 28.9 Å². The summed E-state index contributed by atoms with van der Waals surface area (Å²) in [7, 11) is -0.947. The van der Waals surface area contributed by atoms with E-state index in [4.69, 9.17) is 0 Å². The maximum atomic E-state index is 12.8. The Morgan fingerprint density at radius 2 is 1.95 bits per heavy atom. The van der Waals surface area contributed by atoms with Gasteiger partial charge in [0.1, 0.15) is 0 Å². The van der Waals surface area contributed by atoms with Gasteiger partial charge in [0.15, 0.2) is 0 Å². The quantitative estimate of drug-likeness (QED) is 0.798. The normalized spacial score (nSPS) is 37.0. The van der Waals surface area contributed by atoms with Crippen LogP contribution in [0.3, 0.4) is 0 Å². The van der Waals surface area contributed by atoms with Crippen LogP contribution in [0.15, 0.2) is 0 Å². The van der Waals surface area contributed by atoms with Crippen LogP contribution in [-0.2, 0) is 10.8 Å². The van der Waals surface area contributed by atoms with Gasteiger partial charge in [-0.3, -0.25) is 4.21 Å². The first kappa shape index (κ1) is 17.6. The zero-order valence-electron chi connectivity index (χ0n) is 12.9. The lowest BCUT2D eigenvalue weighted by atomic mass is 9.85. The van der Waals surface area contributed by atoms with E-state index in [0.29, 0.717) is 25.1 Å². The molecule has 1 saturated heterocycles. The van der Waals surface area contributed by atoms with Gasteiger partial charge in [-0.1, -0.05) is 6.42 Å². The molecule has 1 aliphatic heterocycles. The van der Waals surface area contributed by atoms with Gasteiger partial charge < -0.3 is 10.2 Å². The first-order chi connectivity index (χ1) is 10.2. The number of rotatable bonds is 1. The molecule has 0 radical (unpaired) electrons. The van der Waals surface area contributed by atoms with Crippen LogP contribution in [0.1, 0.15) is 39.5 Å². The van der Waals surface area contributed by atoms with Gasteiger partial charge in [0.2, 0.25) is 0 Å². The lowest BCUT2D eigenvalue weighted by molar-refractivity contribution is -0.183. The summed E-state index contributed by atoms with van der Waals surface area (Å²) < 4.78 is 50.2. The van der Waals surface area contributed by atoms with E-state index in [1.807, 2.05) is 13.8 Å². The molecule has 128 valence electrons. The summed E-state index contributed by atoms with van der Waals surface area (Å²) in [6, 6.07) is -0.928. The van der Waals surface area contributed by atoms with Gasteiger partial charge in [0.05, 0.1) is 11.2 Å². The minimum Gasteiger partial charge on any atom is -0.335 e. The highest BCUT2D eigenvalue weighted by Crippen LogP contribution is 2.37. The van der Waals surface area contributed by atoms with Gasteiger partial charge in [-0.05, 0) is 33.1 Å². The van der Waals surface area contributed by atoms with E-state index in [1.54, 1.807) is 4.90 Å². The Labute approximate surface area is 131 Å². The van der Waals surface area contributed by atoms with Gasteiger partial charge in [-0.25, -0.2) is 4.79 Å². The van der Waals surface area contributed by atoms with E-state index in [9.17, 15) is 22.2 Å². The Balaban J connectivity index is 1.93. The molecule has 1 aliphatic carbocycles. The SMILES string of the molecule is C[C@@H]1[C@H](C)[S@@](=O)CCN1C(=O)N[C@H]1CCC[C@@H](C(F)(F)F)C1. The number of amides is 2. The summed E-state index contributed by atoms with van der Waals surface area (Å²) in [6.07, 6.45) is -3.02. The molecule has 4 nitrogen and oxygen atoms in total. The Hall–Kier alpha value is -0.790. The number of urea groups is 1. The van der Waals surface area contributed by atoms with Crippen LogP contribution < -0.4 is 5.32 Å². The number of carbonyl (C=O) groups excluding carboxylic acids is 1. The second-order valence-corrected chi connectivity index (χ2v) is 8.19. The summed E-state index contributed by atoms with van der Waals surface area (Å²) >= 11 is 0. The van der Waals surface area contributed by atoms with Gasteiger partial charge >= 0.3 is 12.2 Å². The number of carbonyl (C=O) groups is 1. The highest BCUT2D eigenvalue weighted by atomic mass is 32.2. The van der Waals surface area contributed by atoms with Crippen molar-refractivity contribution in [2.45, 2.75) is 63.0 Å². The number of hydrogen-bond donors (Lipinski definition) is 1. The maximum Gasteiger partial charge on any atom is 0.391 e. The average molecular weight is 340 g/mol. The Kier molecular flexibility index (Phi) is 5.40. The van der Waals surface area contributed by atoms with Crippen molar-refractivity contribution in [3.05, 3.63) is 0 Å². The number of hydrogen-bond acceptors (Lipinski definition) is 2. The van der Waals surface area contributed by atoms with E-state index in [2.05, 4.69) is 5.32 Å². The molecule has 1 heterocycles. The predicted molar refractivity (Wildman–Crippen MR) is 79.0 cm³/mol. The summed E-state index contributed by atoms with van der Waals surface area (Å²) in [4.78, 5) is 13.9. The van der Waals surface area contributed by atoms with E-state index in [-0.39, 0.29) is 30.2 Å². The molecule has 2 fully saturated rings. The molecule has 22 heavy (non-hydrogen) atoms. The van der Waals surface area contributed by atoms with Gasteiger partial charge in [0.25, 0.3) is 0 Å². The first-order valence-corrected chi connectivity index (χ1v) is 9.09. The van der Waals surface area contributed by atoms with Crippen molar-refractivity contribution < 1.29 is 22.2 Å². The molecule has 5 atom stereocenters. The van der Waals surface area contributed by atoms with Crippen LogP contribution in [0.2, 0.25) is 0 Å². The first-order valence-electron chi connectivity index (χ1n) is 7.71. The van der Waals surface area contributed by atoms with Crippen LogP contribution in [0.4, 0.5) is 18.0 Å². The summed E-state index contributed by atoms with van der Waals surface area (Å²) in [5, 5.41) is 2.63. The molecule has 0 aromatic carbocycles. The zero-order chi connectivity index (χ0) is 16.5. The Morgan fingerprint density at radius 3 is 2.59 bits per heavy atom. The molecule has 0 aromatic rings. The molecule has 0 aromatic heterocycles. The third kappa shape index (κ3) is 3.94. The van der Waals surface area contributed by atoms with Gasteiger partial charge in [-0.2, -0.15) is 13.2 Å². The van der Waals surface area contributed by atoms with E-state index in [0.717, 1.165) is 0 Å². The fraction of sp³-hybridized carbons (Fsp3) is 0.929. The molecular formula is C14H23F3N2O2S. The summed E-state index contributed by atoms with van der Waals surface area (Å²) in [5.74, 6) is -0.897. The van der Waals surface area contributed by atoms with Gasteiger partial charge in [-0.15, -0.1) is 0 Å². The molecule has 0 spiro atoms. The van der Waals surface area contributed by atoms with Crippen molar-refractivity contribution in [2.75, 3.05) is 12.3 Å². The van der Waals surface area contributed by atoms with Crippen LogP contribution in [0.25, 0.3) is 0 Å². The molecule has 1 saturated carbocycles. The van der Waals surface area contributed by atoms with E-state index >= 15 is 0 Å². The number of alkyl halides is 3. The fourth-order valence-corrected chi connectivity index (χ4v) is 4.55. The molecule has 0 bridgehead atoms. The average Bonchev–Trinajstić information content (AvgIpc) is 2.44. The molecule has 2 amide bonds. The minimum atomic E-state index is -4.19. The van der Waals surface area contributed by atoms with Crippen molar-refractivity contribution in [3.63, 3.8) is 0 Å². The van der Waals surface area contributed by atoms with E-state index in [1.165, 1.54) is 0 Å². The third-order valence-corrected chi connectivity index (χ3v) is 6.65. The fourth-order valence-electron chi connectivity index (χ4n) is 3.21. The van der Waals surface area contributed by atoms with Crippen molar-refractivity contribution in [3.8, 4) is 0 Å². The number of nitrogens with zero attached hydrogens (tertiary/aromatic N) is 1. The maximum absolute atomic E-state index is 12.8. The van der Waals surface area contributed by atoms with Crippen LogP contribution in [0, 0.1) is 5.92 Å². The highest BCUT2D eigenvalue weighted by molar-refractivity contribution is 7.85.